The Hall–Kier alpha value is -3.42. The van der Waals surface area contributed by atoms with Gasteiger partial charge < -0.3 is 24.4 Å². The minimum Gasteiger partial charge on any atom is -0.493 e. The molecule has 0 aliphatic carbocycles. The molecule has 0 aromatic heterocycles. The average molecular weight is 515 g/mol. The topological polar surface area (TPSA) is 77.1 Å². The number of amides is 2. The molecule has 7 nitrogen and oxygen atoms in total. The molecule has 0 fully saturated rings. The van der Waals surface area contributed by atoms with Gasteiger partial charge in [0.15, 0.2) is 17.6 Å². The van der Waals surface area contributed by atoms with Gasteiger partial charge in [-0.05, 0) is 49.4 Å². The van der Waals surface area contributed by atoms with Crippen molar-refractivity contribution in [3.63, 3.8) is 0 Å². The number of ether oxygens (including phenoxy) is 3. The number of fused-ring (bicyclic) bond motifs is 1. The van der Waals surface area contributed by atoms with E-state index in [-0.39, 0.29) is 18.4 Å². The fourth-order valence-corrected chi connectivity index (χ4v) is 4.23. The van der Waals surface area contributed by atoms with E-state index in [0.29, 0.717) is 45.1 Å². The molecular weight excluding hydrogens is 491 g/mol. The van der Waals surface area contributed by atoms with E-state index in [2.05, 4.69) is 5.32 Å². The number of hydrogen-bond acceptors (Lipinski definition) is 5. The van der Waals surface area contributed by atoms with Crippen LogP contribution in [-0.4, -0.2) is 37.0 Å². The molecule has 182 valence electrons. The standard InChI is InChI=1S/C26H24Cl2N2O5/c1-15-26(32)30(13-17-5-4-6-23(33-2)24(17)34-3)14-18-11-19(8-10-22(18)35-15)29-25(31)16-7-9-20(27)21(28)12-16/h4-12,15H,13-14H2,1-3H3,(H,29,31)/t15-/m1/s1. The van der Waals surface area contributed by atoms with Gasteiger partial charge in [0.2, 0.25) is 0 Å². The first-order valence-corrected chi connectivity index (χ1v) is 11.6. The van der Waals surface area contributed by atoms with E-state index in [1.807, 2.05) is 12.1 Å². The van der Waals surface area contributed by atoms with Crippen molar-refractivity contribution in [3.8, 4) is 17.2 Å². The first-order valence-electron chi connectivity index (χ1n) is 10.9. The third kappa shape index (κ3) is 5.31. The number of nitrogens with one attached hydrogen (secondary N) is 1. The summed E-state index contributed by atoms with van der Waals surface area (Å²) in [5.74, 6) is 1.25. The second-order valence-electron chi connectivity index (χ2n) is 8.01. The number of carbonyl (C=O) groups excluding carboxylic acids is 2. The van der Waals surface area contributed by atoms with Gasteiger partial charge >= 0.3 is 0 Å². The van der Waals surface area contributed by atoms with Gasteiger partial charge in [0.25, 0.3) is 11.8 Å². The number of methoxy groups -OCH3 is 2. The zero-order chi connectivity index (χ0) is 25.1. The summed E-state index contributed by atoms with van der Waals surface area (Å²) in [6.07, 6.45) is -0.676. The first-order chi connectivity index (χ1) is 16.8. The summed E-state index contributed by atoms with van der Waals surface area (Å²) in [7, 11) is 3.13. The summed E-state index contributed by atoms with van der Waals surface area (Å²) in [5.41, 5.74) is 2.50. The first kappa shape index (κ1) is 24.7. The predicted molar refractivity (Wildman–Crippen MR) is 135 cm³/mol. The predicted octanol–water partition coefficient (Wildman–Crippen LogP) is 5.57. The van der Waals surface area contributed by atoms with Gasteiger partial charge in [-0.3, -0.25) is 9.59 Å². The molecule has 0 unspecified atom stereocenters. The molecule has 0 bridgehead atoms. The van der Waals surface area contributed by atoms with Crippen molar-refractivity contribution in [3.05, 3.63) is 81.3 Å². The number of carbonyl (C=O) groups is 2. The quantitative estimate of drug-likeness (QED) is 0.465. The Labute approximate surface area is 213 Å². The zero-order valence-corrected chi connectivity index (χ0v) is 20.9. The number of benzene rings is 3. The summed E-state index contributed by atoms with van der Waals surface area (Å²) in [6, 6.07) is 15.5. The van der Waals surface area contributed by atoms with Crippen LogP contribution in [0, 0.1) is 0 Å². The molecule has 0 radical (unpaired) electrons. The number of rotatable bonds is 6. The molecule has 1 aliphatic heterocycles. The summed E-state index contributed by atoms with van der Waals surface area (Å²) in [5, 5.41) is 3.53. The molecular formula is C26H24Cl2N2O5. The van der Waals surface area contributed by atoms with Gasteiger partial charge in [0, 0.05) is 35.5 Å². The monoisotopic (exact) mass is 514 g/mol. The van der Waals surface area contributed by atoms with Gasteiger partial charge in [-0.1, -0.05) is 35.3 Å². The van der Waals surface area contributed by atoms with Crippen LogP contribution in [0.25, 0.3) is 0 Å². The molecule has 0 spiro atoms. The highest BCUT2D eigenvalue weighted by Crippen LogP contribution is 2.34. The van der Waals surface area contributed by atoms with E-state index in [1.165, 1.54) is 6.07 Å². The van der Waals surface area contributed by atoms with Crippen LogP contribution in [0.1, 0.15) is 28.4 Å². The number of nitrogens with zero attached hydrogens (tertiary/aromatic N) is 1. The molecule has 2 amide bonds. The maximum Gasteiger partial charge on any atom is 0.263 e. The van der Waals surface area contributed by atoms with E-state index in [1.54, 1.807) is 62.4 Å². The van der Waals surface area contributed by atoms with Crippen molar-refractivity contribution in [2.45, 2.75) is 26.1 Å². The number of halogens is 2. The van der Waals surface area contributed by atoms with E-state index < -0.39 is 6.10 Å². The molecule has 1 N–H and O–H groups in total. The van der Waals surface area contributed by atoms with E-state index in [0.717, 1.165) is 11.1 Å². The SMILES string of the molecule is COc1cccc(CN2Cc3cc(NC(=O)c4ccc(Cl)c(Cl)c4)ccc3O[C@H](C)C2=O)c1OC. The highest BCUT2D eigenvalue weighted by Gasteiger charge is 2.29. The van der Waals surface area contributed by atoms with E-state index >= 15 is 0 Å². The van der Waals surface area contributed by atoms with Crippen molar-refractivity contribution < 1.29 is 23.8 Å². The third-order valence-electron chi connectivity index (χ3n) is 5.67. The minimum absolute atomic E-state index is 0.160. The molecule has 3 aromatic rings. The summed E-state index contributed by atoms with van der Waals surface area (Å²) >= 11 is 12.0. The van der Waals surface area contributed by atoms with Crippen LogP contribution in [0.4, 0.5) is 5.69 Å². The largest absolute Gasteiger partial charge is 0.493 e. The zero-order valence-electron chi connectivity index (χ0n) is 19.4. The van der Waals surface area contributed by atoms with Gasteiger partial charge in [0.1, 0.15) is 5.75 Å². The smallest absolute Gasteiger partial charge is 0.263 e. The van der Waals surface area contributed by atoms with Crippen LogP contribution in [0.15, 0.2) is 54.6 Å². The van der Waals surface area contributed by atoms with Crippen LogP contribution in [0.5, 0.6) is 17.2 Å². The van der Waals surface area contributed by atoms with Gasteiger partial charge in [0.05, 0.1) is 24.3 Å². The van der Waals surface area contributed by atoms with Crippen molar-refractivity contribution in [1.29, 1.82) is 0 Å². The molecule has 1 atom stereocenters. The minimum atomic E-state index is -0.676. The van der Waals surface area contributed by atoms with Crippen LogP contribution in [0.2, 0.25) is 10.0 Å². The Morgan fingerprint density at radius 3 is 2.60 bits per heavy atom. The fraction of sp³-hybridized carbons (Fsp3) is 0.231. The van der Waals surface area contributed by atoms with Crippen LogP contribution >= 0.6 is 23.2 Å². The van der Waals surface area contributed by atoms with Crippen molar-refractivity contribution >= 4 is 40.7 Å². The Morgan fingerprint density at radius 1 is 1.09 bits per heavy atom. The fourth-order valence-electron chi connectivity index (χ4n) is 3.94. The van der Waals surface area contributed by atoms with E-state index in [9.17, 15) is 9.59 Å². The Balaban J connectivity index is 1.59. The molecule has 3 aromatic carbocycles. The Morgan fingerprint density at radius 2 is 1.89 bits per heavy atom. The summed E-state index contributed by atoms with van der Waals surface area (Å²) < 4.78 is 16.8. The molecule has 1 aliphatic rings. The molecule has 0 saturated heterocycles. The molecule has 1 heterocycles. The molecule has 4 rings (SSSR count). The number of para-hydroxylation sites is 1. The van der Waals surface area contributed by atoms with Gasteiger partial charge in [-0.15, -0.1) is 0 Å². The lowest BCUT2D eigenvalue weighted by atomic mass is 10.1. The molecule has 35 heavy (non-hydrogen) atoms. The summed E-state index contributed by atoms with van der Waals surface area (Å²) in [4.78, 5) is 27.5. The highest BCUT2D eigenvalue weighted by atomic mass is 35.5. The lowest BCUT2D eigenvalue weighted by Crippen LogP contribution is -2.37. The third-order valence-corrected chi connectivity index (χ3v) is 6.41. The lowest BCUT2D eigenvalue weighted by molar-refractivity contribution is -0.138. The second kappa shape index (κ2) is 10.5. The maximum absolute atomic E-state index is 13.1. The molecule has 0 saturated carbocycles. The van der Waals surface area contributed by atoms with Crippen LogP contribution in [-0.2, 0) is 17.9 Å². The van der Waals surface area contributed by atoms with Crippen LogP contribution in [0.3, 0.4) is 0 Å². The van der Waals surface area contributed by atoms with Gasteiger partial charge in [-0.25, -0.2) is 0 Å². The Kier molecular flexibility index (Phi) is 7.38. The van der Waals surface area contributed by atoms with E-state index in [4.69, 9.17) is 37.4 Å². The van der Waals surface area contributed by atoms with Crippen molar-refractivity contribution in [2.24, 2.45) is 0 Å². The van der Waals surface area contributed by atoms with Gasteiger partial charge in [-0.2, -0.15) is 0 Å². The number of hydrogen-bond donors (Lipinski definition) is 1. The summed E-state index contributed by atoms with van der Waals surface area (Å²) in [6.45, 7) is 2.30. The lowest BCUT2D eigenvalue weighted by Gasteiger charge is -2.24. The highest BCUT2D eigenvalue weighted by molar-refractivity contribution is 6.42. The van der Waals surface area contributed by atoms with Crippen molar-refractivity contribution in [1.82, 2.24) is 4.90 Å². The Bertz CT molecular complexity index is 1280. The van der Waals surface area contributed by atoms with Crippen molar-refractivity contribution in [2.75, 3.05) is 19.5 Å². The number of anilines is 1. The average Bonchev–Trinajstić information content (AvgIpc) is 2.96. The van der Waals surface area contributed by atoms with Crippen LogP contribution < -0.4 is 19.5 Å². The maximum atomic E-state index is 13.1. The normalized spacial score (nSPS) is 15.1. The second-order valence-corrected chi connectivity index (χ2v) is 8.83. The molecule has 9 heteroatoms.